The van der Waals surface area contributed by atoms with Gasteiger partial charge in [0.1, 0.15) is 11.6 Å². The predicted molar refractivity (Wildman–Crippen MR) is 81.3 cm³/mol. The lowest BCUT2D eigenvalue weighted by molar-refractivity contribution is -0.384. The summed E-state index contributed by atoms with van der Waals surface area (Å²) in [7, 11) is 0. The molecule has 21 heavy (non-hydrogen) atoms. The summed E-state index contributed by atoms with van der Waals surface area (Å²) < 4.78 is 0. The zero-order chi connectivity index (χ0) is 16.0. The molecular formula is C13H21N5O3. The number of aromatic nitrogens is 1. The summed E-state index contributed by atoms with van der Waals surface area (Å²) in [6.45, 7) is 6.93. The van der Waals surface area contributed by atoms with Crippen LogP contribution in [0.1, 0.15) is 20.8 Å². The molecule has 0 unspecified atom stereocenters. The zero-order valence-corrected chi connectivity index (χ0v) is 12.5. The van der Waals surface area contributed by atoms with Crippen LogP contribution in [0.3, 0.4) is 0 Å². The van der Waals surface area contributed by atoms with Crippen molar-refractivity contribution in [2.75, 3.05) is 29.9 Å². The fourth-order valence-electron chi connectivity index (χ4n) is 1.91. The van der Waals surface area contributed by atoms with Gasteiger partial charge >= 0.3 is 0 Å². The van der Waals surface area contributed by atoms with Gasteiger partial charge in [0.05, 0.1) is 23.6 Å². The fraction of sp³-hybridized carbons (Fsp3) is 0.538. The molecule has 0 aliphatic heterocycles. The maximum atomic E-state index is 11.2. The van der Waals surface area contributed by atoms with Gasteiger partial charge in [-0.3, -0.25) is 14.9 Å². The summed E-state index contributed by atoms with van der Waals surface area (Å²) in [5, 5.41) is 14.0. The predicted octanol–water partition coefficient (Wildman–Crippen LogP) is 1.37. The first-order valence-electron chi connectivity index (χ1n) is 6.77. The molecule has 8 nitrogen and oxygen atoms in total. The number of nitrogens with one attached hydrogen (secondary N) is 1. The third-order valence-electron chi connectivity index (χ3n) is 2.62. The molecule has 0 aliphatic carbocycles. The van der Waals surface area contributed by atoms with Crippen molar-refractivity contribution in [2.45, 2.75) is 20.8 Å². The Bertz CT molecular complexity index is 519. The Morgan fingerprint density at radius 1 is 1.52 bits per heavy atom. The smallest absolute Gasteiger partial charge is 0.276 e. The van der Waals surface area contributed by atoms with E-state index >= 15 is 0 Å². The Morgan fingerprint density at radius 2 is 2.19 bits per heavy atom. The number of nitrogens with two attached hydrogens (primary N) is 1. The van der Waals surface area contributed by atoms with Gasteiger partial charge in [-0.2, -0.15) is 0 Å². The van der Waals surface area contributed by atoms with Crippen LogP contribution in [0, 0.1) is 16.0 Å². The van der Waals surface area contributed by atoms with Crippen LogP contribution in [0.25, 0.3) is 0 Å². The Balaban J connectivity index is 3.20. The number of rotatable bonds is 8. The molecule has 116 valence electrons. The summed E-state index contributed by atoms with van der Waals surface area (Å²) in [6.07, 6.45) is 0. The average molecular weight is 295 g/mol. The number of nitrogens with zero attached hydrogens (tertiary/aromatic N) is 3. The normalized spacial score (nSPS) is 10.5. The Hall–Kier alpha value is -2.38. The second-order valence-electron chi connectivity index (χ2n) is 5.10. The van der Waals surface area contributed by atoms with Crippen LogP contribution in [0.2, 0.25) is 0 Å². The van der Waals surface area contributed by atoms with Crippen LogP contribution in [-0.2, 0) is 4.79 Å². The van der Waals surface area contributed by atoms with E-state index < -0.39 is 10.8 Å². The van der Waals surface area contributed by atoms with Gasteiger partial charge in [-0.15, -0.1) is 0 Å². The van der Waals surface area contributed by atoms with E-state index in [1.54, 1.807) is 4.90 Å². The molecule has 0 aromatic carbocycles. The van der Waals surface area contributed by atoms with Crippen molar-refractivity contribution in [1.82, 2.24) is 4.98 Å². The standard InChI is InChI=1S/C13H21N5O3/c1-4-15-12-5-10(18(20)21)6-13(16-12)17(7-9(2)3)8-11(14)19/h5-6,9H,4,7-8H2,1-3H3,(H2,14,19)(H,15,16). The summed E-state index contributed by atoms with van der Waals surface area (Å²) in [4.78, 5) is 27.7. The summed E-state index contributed by atoms with van der Waals surface area (Å²) >= 11 is 0. The first kappa shape index (κ1) is 16.7. The molecule has 0 fully saturated rings. The lowest BCUT2D eigenvalue weighted by Gasteiger charge is -2.24. The maximum absolute atomic E-state index is 11.2. The topological polar surface area (TPSA) is 114 Å². The minimum atomic E-state index is -0.506. The van der Waals surface area contributed by atoms with E-state index in [1.807, 2.05) is 20.8 Å². The number of carbonyl (C=O) groups excluding carboxylic acids is 1. The van der Waals surface area contributed by atoms with Crippen molar-refractivity contribution in [3.63, 3.8) is 0 Å². The highest BCUT2D eigenvalue weighted by Crippen LogP contribution is 2.23. The number of nitro groups is 1. The van der Waals surface area contributed by atoms with Gasteiger partial charge in [0, 0.05) is 13.1 Å². The van der Waals surface area contributed by atoms with Crippen molar-refractivity contribution in [3.8, 4) is 0 Å². The zero-order valence-electron chi connectivity index (χ0n) is 12.5. The van der Waals surface area contributed by atoms with E-state index in [0.717, 1.165) is 0 Å². The second-order valence-corrected chi connectivity index (χ2v) is 5.10. The Morgan fingerprint density at radius 3 is 2.67 bits per heavy atom. The SMILES string of the molecule is CCNc1cc([N+](=O)[O-])cc(N(CC(N)=O)CC(C)C)n1. The van der Waals surface area contributed by atoms with Gasteiger partial charge in [-0.05, 0) is 12.8 Å². The van der Waals surface area contributed by atoms with Gasteiger partial charge in [0.2, 0.25) is 5.91 Å². The van der Waals surface area contributed by atoms with Crippen LogP contribution in [0.5, 0.6) is 0 Å². The van der Waals surface area contributed by atoms with Gasteiger partial charge in [-0.25, -0.2) is 4.98 Å². The van der Waals surface area contributed by atoms with Gasteiger partial charge in [-0.1, -0.05) is 13.8 Å². The highest BCUT2D eigenvalue weighted by molar-refractivity contribution is 5.79. The minimum Gasteiger partial charge on any atom is -0.370 e. The van der Waals surface area contributed by atoms with Crippen LogP contribution < -0.4 is 16.0 Å². The summed E-state index contributed by atoms with van der Waals surface area (Å²) in [6, 6.07) is 2.72. The fourth-order valence-corrected chi connectivity index (χ4v) is 1.91. The second kappa shape index (κ2) is 7.41. The molecule has 0 bridgehead atoms. The molecule has 8 heteroatoms. The molecule has 0 radical (unpaired) electrons. The van der Waals surface area contributed by atoms with Crippen LogP contribution in [0.4, 0.5) is 17.3 Å². The quantitative estimate of drug-likeness (QED) is 0.553. The van der Waals surface area contributed by atoms with Crippen LogP contribution in [-0.4, -0.2) is 35.4 Å². The Kier molecular flexibility index (Phi) is 5.89. The van der Waals surface area contributed by atoms with E-state index in [0.29, 0.717) is 24.7 Å². The molecule has 1 aromatic rings. The molecule has 1 amide bonds. The van der Waals surface area contributed by atoms with Gasteiger partial charge in [0.15, 0.2) is 0 Å². The molecule has 0 atom stereocenters. The molecule has 0 saturated heterocycles. The molecule has 0 aliphatic rings. The molecule has 1 heterocycles. The summed E-state index contributed by atoms with van der Waals surface area (Å²) in [5.41, 5.74) is 5.17. The Labute approximate surface area is 123 Å². The van der Waals surface area contributed by atoms with Crippen molar-refractivity contribution in [3.05, 3.63) is 22.2 Å². The highest BCUT2D eigenvalue weighted by Gasteiger charge is 2.18. The lowest BCUT2D eigenvalue weighted by atomic mass is 10.2. The number of anilines is 2. The molecule has 1 aromatic heterocycles. The van der Waals surface area contributed by atoms with Crippen molar-refractivity contribution >= 4 is 23.2 Å². The van der Waals surface area contributed by atoms with E-state index in [2.05, 4.69) is 10.3 Å². The van der Waals surface area contributed by atoms with Gasteiger partial charge < -0.3 is 16.0 Å². The van der Waals surface area contributed by atoms with E-state index in [4.69, 9.17) is 5.73 Å². The molecule has 0 saturated carbocycles. The molecule has 3 N–H and O–H groups in total. The largest absolute Gasteiger partial charge is 0.370 e. The van der Waals surface area contributed by atoms with Crippen molar-refractivity contribution in [1.29, 1.82) is 0 Å². The highest BCUT2D eigenvalue weighted by atomic mass is 16.6. The minimum absolute atomic E-state index is 0.0298. The third kappa shape index (κ3) is 5.25. The number of hydrogen-bond donors (Lipinski definition) is 2. The molecule has 0 spiro atoms. The van der Waals surface area contributed by atoms with Crippen LogP contribution >= 0.6 is 0 Å². The first-order valence-corrected chi connectivity index (χ1v) is 6.77. The monoisotopic (exact) mass is 295 g/mol. The average Bonchev–Trinajstić information content (AvgIpc) is 2.36. The number of primary amides is 1. The van der Waals surface area contributed by atoms with Gasteiger partial charge in [0.25, 0.3) is 5.69 Å². The lowest BCUT2D eigenvalue weighted by Crippen LogP contribution is -2.36. The van der Waals surface area contributed by atoms with E-state index in [-0.39, 0.29) is 18.2 Å². The molecule has 1 rings (SSSR count). The number of amides is 1. The van der Waals surface area contributed by atoms with Crippen LogP contribution in [0.15, 0.2) is 12.1 Å². The number of hydrogen-bond acceptors (Lipinski definition) is 6. The van der Waals surface area contributed by atoms with Crippen molar-refractivity contribution < 1.29 is 9.72 Å². The number of pyridine rings is 1. The third-order valence-corrected chi connectivity index (χ3v) is 2.62. The first-order chi connectivity index (χ1) is 9.83. The summed E-state index contributed by atoms with van der Waals surface area (Å²) in [5.74, 6) is 0.523. The molecular weight excluding hydrogens is 274 g/mol. The van der Waals surface area contributed by atoms with Crippen molar-refractivity contribution in [2.24, 2.45) is 11.7 Å². The number of carbonyl (C=O) groups is 1. The van der Waals surface area contributed by atoms with E-state index in [9.17, 15) is 14.9 Å². The van der Waals surface area contributed by atoms with E-state index in [1.165, 1.54) is 12.1 Å². The maximum Gasteiger partial charge on any atom is 0.276 e.